The summed E-state index contributed by atoms with van der Waals surface area (Å²) in [6.45, 7) is 0.137. The molecule has 0 radical (unpaired) electrons. The number of carbonyl (C=O) groups is 1. The molecule has 2 atom stereocenters. The molecule has 2 heterocycles. The van der Waals surface area contributed by atoms with E-state index in [1.54, 1.807) is 48.5 Å². The Kier molecular flexibility index (Phi) is 6.29. The molecule has 0 unspecified atom stereocenters. The second-order valence-corrected chi connectivity index (χ2v) is 8.56. The van der Waals surface area contributed by atoms with Crippen molar-refractivity contribution in [2.75, 3.05) is 5.32 Å². The minimum absolute atomic E-state index is 0.0585. The first-order valence-corrected chi connectivity index (χ1v) is 10.7. The summed E-state index contributed by atoms with van der Waals surface area (Å²) in [7, 11) is 0. The molecule has 1 aliphatic rings. The predicted octanol–water partition coefficient (Wildman–Crippen LogP) is 6.43. The van der Waals surface area contributed by atoms with Gasteiger partial charge in [0, 0.05) is 23.0 Å². The zero-order chi connectivity index (χ0) is 23.0. The van der Waals surface area contributed by atoms with Crippen LogP contribution >= 0.6 is 34.8 Å². The number of hydrogen-bond acceptors (Lipinski definition) is 3. The normalized spacial score (nSPS) is 18.1. The molecule has 0 saturated heterocycles. The Morgan fingerprint density at radius 3 is 2.25 bits per heavy atom. The Morgan fingerprint density at radius 1 is 1.06 bits per heavy atom. The van der Waals surface area contributed by atoms with E-state index in [2.05, 4.69) is 15.7 Å². The van der Waals surface area contributed by atoms with E-state index in [0.29, 0.717) is 15.6 Å². The SMILES string of the molecule is O=C(NCc1ccc(Cl)cc1)c1nn2c(c1Cl)N[C@@H](c1ccc(Cl)cc1)C[C@H]2C(F)(F)F. The number of anilines is 1. The topological polar surface area (TPSA) is 59.0 Å². The Bertz CT molecular complexity index is 1130. The molecular weight excluding hydrogens is 488 g/mol. The van der Waals surface area contributed by atoms with E-state index >= 15 is 0 Å². The lowest BCUT2D eigenvalue weighted by Crippen LogP contribution is -2.35. The van der Waals surface area contributed by atoms with Crippen molar-refractivity contribution < 1.29 is 18.0 Å². The molecule has 5 nitrogen and oxygen atoms in total. The molecule has 0 spiro atoms. The van der Waals surface area contributed by atoms with Gasteiger partial charge < -0.3 is 10.6 Å². The third kappa shape index (κ3) is 4.67. The third-order valence-electron chi connectivity index (χ3n) is 5.15. The Balaban J connectivity index is 1.62. The summed E-state index contributed by atoms with van der Waals surface area (Å²) in [6.07, 6.45) is -4.91. The van der Waals surface area contributed by atoms with Gasteiger partial charge in [-0.3, -0.25) is 4.79 Å². The minimum atomic E-state index is -4.59. The molecule has 0 fully saturated rings. The summed E-state index contributed by atoms with van der Waals surface area (Å²) < 4.78 is 42.3. The molecule has 0 aliphatic carbocycles. The van der Waals surface area contributed by atoms with Gasteiger partial charge in [-0.15, -0.1) is 0 Å². The van der Waals surface area contributed by atoms with Crippen molar-refractivity contribution in [2.24, 2.45) is 0 Å². The van der Waals surface area contributed by atoms with Gasteiger partial charge in [-0.2, -0.15) is 18.3 Å². The maximum Gasteiger partial charge on any atom is 0.410 e. The van der Waals surface area contributed by atoms with Crippen LogP contribution in [0.5, 0.6) is 0 Å². The number of nitrogens with one attached hydrogen (secondary N) is 2. The highest BCUT2D eigenvalue weighted by atomic mass is 35.5. The van der Waals surface area contributed by atoms with Gasteiger partial charge >= 0.3 is 6.18 Å². The van der Waals surface area contributed by atoms with Gasteiger partial charge in [0.25, 0.3) is 5.91 Å². The molecule has 4 rings (SSSR count). The van der Waals surface area contributed by atoms with E-state index in [4.69, 9.17) is 34.8 Å². The van der Waals surface area contributed by atoms with Crippen LogP contribution in [-0.4, -0.2) is 21.9 Å². The average molecular weight is 504 g/mol. The quantitative estimate of drug-likeness (QED) is 0.431. The number of alkyl halides is 3. The average Bonchev–Trinajstić information content (AvgIpc) is 3.09. The van der Waals surface area contributed by atoms with Crippen LogP contribution in [0.2, 0.25) is 15.1 Å². The molecule has 11 heteroatoms. The first-order valence-electron chi connectivity index (χ1n) is 9.53. The van der Waals surface area contributed by atoms with Crippen LogP contribution in [0.15, 0.2) is 48.5 Å². The van der Waals surface area contributed by atoms with Crippen LogP contribution in [0.4, 0.5) is 19.0 Å². The number of carbonyl (C=O) groups excluding carboxylic acids is 1. The summed E-state index contributed by atoms with van der Waals surface area (Å²) in [5.74, 6) is -0.741. The number of hydrogen-bond donors (Lipinski definition) is 2. The smallest absolute Gasteiger partial charge is 0.362 e. The fraction of sp³-hybridized carbons (Fsp3) is 0.238. The van der Waals surface area contributed by atoms with Crippen LogP contribution in [-0.2, 0) is 6.54 Å². The summed E-state index contributed by atoms with van der Waals surface area (Å²) in [5.41, 5.74) is 1.09. The highest BCUT2D eigenvalue weighted by Gasteiger charge is 2.47. The second kappa shape index (κ2) is 8.84. The van der Waals surface area contributed by atoms with Gasteiger partial charge in [0.1, 0.15) is 10.8 Å². The van der Waals surface area contributed by atoms with Crippen molar-refractivity contribution in [1.82, 2.24) is 15.1 Å². The van der Waals surface area contributed by atoms with Crippen LogP contribution in [0.3, 0.4) is 0 Å². The summed E-state index contributed by atoms with van der Waals surface area (Å²) in [6, 6.07) is 10.6. The Hall–Kier alpha value is -2.42. The zero-order valence-electron chi connectivity index (χ0n) is 16.3. The van der Waals surface area contributed by atoms with Gasteiger partial charge in [0.05, 0.1) is 6.04 Å². The summed E-state index contributed by atoms with van der Waals surface area (Å²) in [5, 5.41) is 10.4. The van der Waals surface area contributed by atoms with Crippen molar-refractivity contribution in [1.29, 1.82) is 0 Å². The number of nitrogens with zero attached hydrogens (tertiary/aromatic N) is 2. The Morgan fingerprint density at radius 2 is 1.66 bits per heavy atom. The maximum absolute atomic E-state index is 13.9. The van der Waals surface area contributed by atoms with E-state index < -0.39 is 24.2 Å². The molecular formula is C21H16Cl3F3N4O. The van der Waals surface area contributed by atoms with Crippen LogP contribution in [0, 0.1) is 0 Å². The molecule has 2 N–H and O–H groups in total. The van der Waals surface area contributed by atoms with E-state index in [9.17, 15) is 18.0 Å². The van der Waals surface area contributed by atoms with Crippen LogP contribution in [0.25, 0.3) is 0 Å². The first-order chi connectivity index (χ1) is 15.1. The lowest BCUT2D eigenvalue weighted by atomic mass is 9.97. The number of benzene rings is 2. The zero-order valence-corrected chi connectivity index (χ0v) is 18.5. The van der Waals surface area contributed by atoms with Gasteiger partial charge in [-0.1, -0.05) is 59.1 Å². The van der Waals surface area contributed by atoms with Crippen molar-refractivity contribution in [3.8, 4) is 0 Å². The maximum atomic E-state index is 13.9. The number of amides is 1. The van der Waals surface area contributed by atoms with Gasteiger partial charge in [-0.05, 0) is 35.4 Å². The summed E-state index contributed by atoms with van der Waals surface area (Å²) in [4.78, 5) is 12.6. The van der Waals surface area contributed by atoms with Gasteiger partial charge in [-0.25, -0.2) is 4.68 Å². The van der Waals surface area contributed by atoms with Crippen molar-refractivity contribution in [2.45, 2.75) is 31.2 Å². The highest BCUT2D eigenvalue weighted by Crippen LogP contribution is 2.46. The molecule has 1 aliphatic heterocycles. The number of aromatic nitrogens is 2. The van der Waals surface area contributed by atoms with Crippen LogP contribution < -0.4 is 10.6 Å². The molecule has 0 saturated carbocycles. The van der Waals surface area contributed by atoms with Gasteiger partial charge in [0.15, 0.2) is 11.7 Å². The first kappa shape index (κ1) is 22.8. The van der Waals surface area contributed by atoms with E-state index in [1.807, 2.05) is 0 Å². The van der Waals surface area contributed by atoms with Crippen molar-refractivity contribution in [3.05, 3.63) is 80.4 Å². The fourth-order valence-corrected chi connectivity index (χ4v) is 4.03. The standard InChI is InChI=1S/C21H16Cl3F3N4O/c22-13-5-1-11(2-6-13)10-28-20(32)18-17(24)19-29-15(12-3-7-14(23)8-4-12)9-16(21(25,26)27)31(19)30-18/h1-8,15-16,29H,9-10H2,(H,28,32)/t15-,16+/m1/s1. The Labute approximate surface area is 196 Å². The molecule has 2 aromatic carbocycles. The molecule has 32 heavy (non-hydrogen) atoms. The van der Waals surface area contributed by atoms with Crippen molar-refractivity contribution in [3.63, 3.8) is 0 Å². The van der Waals surface area contributed by atoms with Crippen molar-refractivity contribution >= 4 is 46.5 Å². The molecule has 1 aromatic heterocycles. The largest absolute Gasteiger partial charge is 0.410 e. The lowest BCUT2D eigenvalue weighted by Gasteiger charge is -2.33. The summed E-state index contributed by atoms with van der Waals surface area (Å²) >= 11 is 18.1. The lowest BCUT2D eigenvalue weighted by molar-refractivity contribution is -0.173. The number of rotatable bonds is 4. The van der Waals surface area contributed by atoms with E-state index in [0.717, 1.165) is 10.2 Å². The minimum Gasteiger partial charge on any atom is -0.362 e. The third-order valence-corrected chi connectivity index (χ3v) is 6.01. The molecule has 168 valence electrons. The van der Waals surface area contributed by atoms with Gasteiger partial charge in [0.2, 0.25) is 0 Å². The molecule has 0 bridgehead atoms. The fourth-order valence-electron chi connectivity index (χ4n) is 3.52. The monoisotopic (exact) mass is 502 g/mol. The van der Waals surface area contributed by atoms with E-state index in [1.165, 1.54) is 0 Å². The van der Waals surface area contributed by atoms with E-state index in [-0.39, 0.29) is 29.5 Å². The predicted molar refractivity (Wildman–Crippen MR) is 117 cm³/mol. The number of halogens is 6. The van der Waals surface area contributed by atoms with Crippen LogP contribution in [0.1, 0.15) is 40.1 Å². The molecule has 1 amide bonds. The second-order valence-electron chi connectivity index (χ2n) is 7.31. The number of fused-ring (bicyclic) bond motifs is 1. The molecule has 3 aromatic rings. The highest BCUT2D eigenvalue weighted by molar-refractivity contribution is 6.36.